The zero-order valence-corrected chi connectivity index (χ0v) is 39.3. The number of carboxylic acids is 6. The van der Waals surface area contributed by atoms with Crippen molar-refractivity contribution in [2.45, 2.75) is 95.2 Å². The van der Waals surface area contributed by atoms with Gasteiger partial charge in [0.15, 0.2) is 5.11 Å². The predicted octanol–water partition coefficient (Wildman–Crippen LogP) is 0.735. The molecule has 386 valence electrons. The van der Waals surface area contributed by atoms with E-state index in [9.17, 15) is 73.8 Å². The Morgan fingerprint density at radius 1 is 0.565 bits per heavy atom. The Hall–Kier alpha value is -6.38. The summed E-state index contributed by atoms with van der Waals surface area (Å²) in [7, 11) is 0. The molecule has 0 saturated carbocycles. The Morgan fingerprint density at radius 2 is 1.06 bits per heavy atom. The van der Waals surface area contributed by atoms with Crippen LogP contribution in [0.1, 0.15) is 76.2 Å². The third-order valence-electron chi connectivity index (χ3n) is 11.0. The van der Waals surface area contributed by atoms with Gasteiger partial charge in [0.25, 0.3) is 0 Å². The molecule has 1 aromatic carbocycles. The Morgan fingerprint density at radius 3 is 1.61 bits per heavy atom. The highest BCUT2D eigenvalue weighted by Crippen LogP contribution is 2.17. The summed E-state index contributed by atoms with van der Waals surface area (Å²) >= 11 is 5.46. The van der Waals surface area contributed by atoms with Gasteiger partial charge in [-0.2, -0.15) is 0 Å². The second-order valence-electron chi connectivity index (χ2n) is 16.6. The molecular weight excluding hydrogens is 931 g/mol. The van der Waals surface area contributed by atoms with Crippen LogP contribution in [0.15, 0.2) is 24.3 Å². The minimum atomic E-state index is -1.50. The van der Waals surface area contributed by atoms with Crippen LogP contribution in [0.2, 0.25) is 0 Å². The standard InChI is InChI=1S/C43H67N9O16S/c53-34(44-16-7-5-8-32(39(62)63)47-41(66)48-33(40(64)65)14-15-35(54)55)9-4-2-1-3-6-17-45-42(69)46-30-12-10-29(11-13-30)24-31-25-51(28-38(60)61)21-20-49(26-36(56)57)18-19-50(27-37(58)59)22-23-52(31)43(67)68/h10-13,31-33H,1-9,14-28H2,(H,44,53)(H,54,55)(H,56,57)(H,58,59)(H,60,61)(H,62,63)(H,64,65)(H,67,68)(H2,45,46,69)(H2,47,48,66). The molecule has 1 saturated heterocycles. The Kier molecular flexibility index (Phi) is 27.6. The maximum Gasteiger partial charge on any atom is 0.407 e. The summed E-state index contributed by atoms with van der Waals surface area (Å²) in [6, 6.07) is 2.55. The van der Waals surface area contributed by atoms with Crippen molar-refractivity contribution in [3.05, 3.63) is 29.8 Å². The van der Waals surface area contributed by atoms with Gasteiger partial charge in [-0.3, -0.25) is 38.7 Å². The molecule has 12 N–H and O–H groups in total. The zero-order chi connectivity index (χ0) is 51.3. The van der Waals surface area contributed by atoms with Crippen molar-refractivity contribution in [3.8, 4) is 0 Å². The monoisotopic (exact) mass is 997 g/mol. The SMILES string of the molecule is O=C(O)CCC(NC(=O)NC(CCCCNC(=O)CCCCCCCNC(=S)Nc1ccc(CC2CN(CC(=O)O)CCN(CC(=O)O)CCN(CC(=O)O)CCN2C(=O)O)cc1)C(=O)O)C(=O)O. The molecule has 3 unspecified atom stereocenters. The lowest BCUT2D eigenvalue weighted by Crippen LogP contribution is -2.53. The summed E-state index contributed by atoms with van der Waals surface area (Å²) in [4.78, 5) is 112. The first-order valence-corrected chi connectivity index (χ1v) is 23.1. The van der Waals surface area contributed by atoms with Gasteiger partial charge < -0.3 is 67.2 Å². The van der Waals surface area contributed by atoms with Gasteiger partial charge in [0.2, 0.25) is 5.91 Å². The quantitative estimate of drug-likeness (QED) is 0.0389. The number of carboxylic acid groups (broad SMARTS) is 7. The number of benzene rings is 1. The second kappa shape index (κ2) is 32.4. The number of urea groups is 1. The van der Waals surface area contributed by atoms with Gasteiger partial charge >= 0.3 is 47.9 Å². The topological polar surface area (TPSA) is 368 Å². The average Bonchev–Trinajstić information content (AvgIpc) is 3.25. The van der Waals surface area contributed by atoms with Gasteiger partial charge in [-0.05, 0) is 74.9 Å². The van der Waals surface area contributed by atoms with E-state index in [1.54, 1.807) is 39.0 Å². The smallest absolute Gasteiger partial charge is 0.407 e. The molecular formula is C43H67N9O16S. The highest BCUT2D eigenvalue weighted by atomic mass is 32.1. The number of anilines is 1. The van der Waals surface area contributed by atoms with Crippen molar-refractivity contribution in [2.24, 2.45) is 0 Å². The molecule has 0 aromatic heterocycles. The minimum absolute atomic E-state index is 0.0210. The first kappa shape index (κ1) is 58.7. The minimum Gasteiger partial charge on any atom is -0.481 e. The van der Waals surface area contributed by atoms with Gasteiger partial charge in [-0.1, -0.05) is 31.4 Å². The molecule has 1 heterocycles. The normalized spacial score (nSPS) is 16.1. The molecule has 0 spiro atoms. The highest BCUT2D eigenvalue weighted by Gasteiger charge is 2.29. The summed E-state index contributed by atoms with van der Waals surface area (Å²) < 4.78 is 0. The van der Waals surface area contributed by atoms with Crippen LogP contribution < -0.4 is 26.6 Å². The number of aliphatic carboxylic acids is 6. The number of nitrogens with zero attached hydrogens (tertiary/aromatic N) is 4. The van der Waals surface area contributed by atoms with E-state index in [1.807, 2.05) is 0 Å². The van der Waals surface area contributed by atoms with E-state index in [4.69, 9.17) is 17.3 Å². The van der Waals surface area contributed by atoms with Crippen LogP contribution in [0.3, 0.4) is 0 Å². The number of nitrogens with one attached hydrogen (secondary N) is 5. The van der Waals surface area contributed by atoms with E-state index >= 15 is 0 Å². The lowest BCUT2D eigenvalue weighted by atomic mass is 10.0. The predicted molar refractivity (Wildman–Crippen MR) is 251 cm³/mol. The fourth-order valence-electron chi connectivity index (χ4n) is 7.41. The fourth-order valence-corrected chi connectivity index (χ4v) is 7.63. The summed E-state index contributed by atoms with van der Waals surface area (Å²) in [5.41, 5.74) is 1.42. The number of unbranched alkanes of at least 4 members (excludes halogenated alkanes) is 5. The van der Waals surface area contributed by atoms with Gasteiger partial charge in [-0.25, -0.2) is 19.2 Å². The van der Waals surface area contributed by atoms with Gasteiger partial charge in [0.05, 0.1) is 25.7 Å². The van der Waals surface area contributed by atoms with Gasteiger partial charge in [0.1, 0.15) is 12.1 Å². The van der Waals surface area contributed by atoms with Crippen LogP contribution in [0, 0.1) is 0 Å². The van der Waals surface area contributed by atoms with E-state index < -0.39 is 79.0 Å². The Labute approximate surface area is 404 Å². The summed E-state index contributed by atoms with van der Waals surface area (Å²) in [5.74, 6) is -7.51. The Bertz CT molecular complexity index is 1880. The molecule has 26 heteroatoms. The molecule has 69 heavy (non-hydrogen) atoms. The zero-order valence-electron chi connectivity index (χ0n) is 38.5. The van der Waals surface area contributed by atoms with E-state index in [1.165, 1.54) is 4.90 Å². The van der Waals surface area contributed by atoms with Crippen molar-refractivity contribution in [2.75, 3.05) is 83.9 Å². The lowest BCUT2D eigenvalue weighted by Gasteiger charge is -2.37. The molecule has 1 aliphatic heterocycles. The maximum absolute atomic E-state index is 12.6. The van der Waals surface area contributed by atoms with Crippen molar-refractivity contribution in [1.82, 2.24) is 40.9 Å². The third kappa shape index (κ3) is 26.7. The van der Waals surface area contributed by atoms with Crippen molar-refractivity contribution < 1.29 is 78.9 Å². The molecule has 3 atom stereocenters. The summed E-state index contributed by atoms with van der Waals surface area (Å²) in [6.07, 6.45) is 3.29. The molecule has 1 aliphatic rings. The van der Waals surface area contributed by atoms with Crippen molar-refractivity contribution >= 4 is 76.9 Å². The number of carbonyl (C=O) groups is 9. The van der Waals surface area contributed by atoms with Crippen LogP contribution in [-0.4, -0.2) is 211 Å². The van der Waals surface area contributed by atoms with Crippen LogP contribution in [0.4, 0.5) is 15.3 Å². The van der Waals surface area contributed by atoms with E-state index in [0.29, 0.717) is 49.6 Å². The Balaban J connectivity index is 1.76. The van der Waals surface area contributed by atoms with Gasteiger partial charge in [0, 0.05) is 77.4 Å². The number of carbonyl (C=O) groups excluding carboxylic acids is 2. The maximum atomic E-state index is 12.6. The molecule has 4 amide bonds. The van der Waals surface area contributed by atoms with E-state index in [-0.39, 0.29) is 84.1 Å². The summed E-state index contributed by atoms with van der Waals surface area (Å²) in [5, 5.41) is 79.9. The lowest BCUT2D eigenvalue weighted by molar-refractivity contribution is -0.141. The van der Waals surface area contributed by atoms with Crippen LogP contribution in [0.25, 0.3) is 0 Å². The third-order valence-corrected chi connectivity index (χ3v) is 11.2. The number of amides is 4. The molecule has 1 aromatic rings. The molecule has 0 aliphatic carbocycles. The number of hydrogen-bond donors (Lipinski definition) is 12. The first-order valence-electron chi connectivity index (χ1n) is 22.7. The van der Waals surface area contributed by atoms with Crippen molar-refractivity contribution in [3.63, 3.8) is 0 Å². The van der Waals surface area contributed by atoms with Crippen LogP contribution in [0.5, 0.6) is 0 Å². The largest absolute Gasteiger partial charge is 0.481 e. The average molecular weight is 998 g/mol. The highest BCUT2D eigenvalue weighted by molar-refractivity contribution is 7.80. The van der Waals surface area contributed by atoms with Crippen LogP contribution >= 0.6 is 12.2 Å². The molecule has 2 rings (SSSR count). The van der Waals surface area contributed by atoms with E-state index in [0.717, 1.165) is 31.2 Å². The van der Waals surface area contributed by atoms with Crippen LogP contribution in [-0.2, 0) is 40.0 Å². The molecule has 1 fully saturated rings. The fraction of sp³-hybridized carbons (Fsp3) is 0.628. The number of hydrogen-bond acceptors (Lipinski definition) is 13. The molecule has 0 bridgehead atoms. The number of rotatable bonds is 29. The van der Waals surface area contributed by atoms with E-state index in [2.05, 4.69) is 26.6 Å². The summed E-state index contributed by atoms with van der Waals surface area (Å²) in [6.45, 7) is 0.459. The first-order chi connectivity index (χ1) is 32.7. The van der Waals surface area contributed by atoms with Gasteiger partial charge in [-0.15, -0.1) is 0 Å². The molecule has 0 radical (unpaired) electrons. The van der Waals surface area contributed by atoms with Crippen molar-refractivity contribution in [1.29, 1.82) is 0 Å². The molecule has 25 nitrogen and oxygen atoms in total. The second-order valence-corrected chi connectivity index (χ2v) is 17.0. The number of thiocarbonyl (C=S) groups is 1.